The van der Waals surface area contributed by atoms with Gasteiger partial charge >= 0.3 is 6.61 Å². The summed E-state index contributed by atoms with van der Waals surface area (Å²) in [6.07, 6.45) is 1.42. The molecule has 2 aromatic carbocycles. The van der Waals surface area contributed by atoms with Crippen LogP contribution in [0, 0.1) is 13.8 Å². The van der Waals surface area contributed by atoms with Crippen LogP contribution in [0.4, 0.5) is 8.78 Å². The van der Waals surface area contributed by atoms with Crippen LogP contribution in [0.1, 0.15) is 27.0 Å². The molecule has 0 aliphatic heterocycles. The van der Waals surface area contributed by atoms with Crippen LogP contribution >= 0.6 is 0 Å². The van der Waals surface area contributed by atoms with E-state index in [2.05, 4.69) is 15.3 Å². The molecule has 0 fully saturated rings. The minimum absolute atomic E-state index is 0.136. The number of benzene rings is 2. The molecule has 1 amide bonds. The van der Waals surface area contributed by atoms with E-state index < -0.39 is 12.5 Å². The molecule has 27 heavy (non-hydrogen) atoms. The molecule has 6 nitrogen and oxygen atoms in total. The van der Waals surface area contributed by atoms with Gasteiger partial charge in [-0.15, -0.1) is 0 Å². The number of halogens is 2. The lowest BCUT2D eigenvalue weighted by molar-refractivity contribution is -0.0507. The number of ether oxygens (including phenoxy) is 3. The topological polar surface area (TPSA) is 69.2 Å². The summed E-state index contributed by atoms with van der Waals surface area (Å²) in [6.45, 7) is 0.428. The molecule has 0 atom stereocenters. The molecule has 0 aromatic heterocycles. The van der Waals surface area contributed by atoms with Crippen molar-refractivity contribution in [1.29, 1.82) is 0 Å². The number of hydrogen-bond acceptors (Lipinski definition) is 5. The van der Waals surface area contributed by atoms with E-state index in [1.165, 1.54) is 26.5 Å². The lowest BCUT2D eigenvalue weighted by Crippen LogP contribution is -2.17. The Labute approximate surface area is 155 Å². The summed E-state index contributed by atoms with van der Waals surface area (Å²) in [5, 5.41) is 3.90. The van der Waals surface area contributed by atoms with Gasteiger partial charge < -0.3 is 14.2 Å². The molecule has 0 saturated heterocycles. The third-order valence-corrected chi connectivity index (χ3v) is 3.72. The van der Waals surface area contributed by atoms with Crippen molar-refractivity contribution < 1.29 is 27.8 Å². The molecule has 0 radical (unpaired) electrons. The van der Waals surface area contributed by atoms with Crippen LogP contribution in [0.2, 0.25) is 0 Å². The van der Waals surface area contributed by atoms with Crippen LogP contribution in [0.25, 0.3) is 0 Å². The third-order valence-electron chi connectivity index (χ3n) is 3.72. The maximum absolute atomic E-state index is 12.4. The van der Waals surface area contributed by atoms with Crippen molar-refractivity contribution in [3.63, 3.8) is 0 Å². The lowest BCUT2D eigenvalue weighted by Gasteiger charge is -2.12. The molecule has 0 spiro atoms. The number of aryl methyl sites for hydroxylation is 2. The second-order valence-electron chi connectivity index (χ2n) is 5.63. The predicted molar refractivity (Wildman–Crippen MR) is 97.2 cm³/mol. The van der Waals surface area contributed by atoms with Crippen LogP contribution in [0.15, 0.2) is 35.4 Å². The zero-order valence-electron chi connectivity index (χ0n) is 15.4. The first-order valence-electron chi connectivity index (χ1n) is 7.97. The van der Waals surface area contributed by atoms with Crippen LogP contribution in [0.3, 0.4) is 0 Å². The monoisotopic (exact) mass is 378 g/mol. The summed E-state index contributed by atoms with van der Waals surface area (Å²) in [5.74, 6) is 0.638. The van der Waals surface area contributed by atoms with Crippen molar-refractivity contribution in [3.05, 3.63) is 52.6 Å². The highest BCUT2D eigenvalue weighted by molar-refractivity contribution is 5.95. The molecule has 8 heteroatoms. The number of hydrazone groups is 1. The van der Waals surface area contributed by atoms with Gasteiger partial charge in [0.15, 0.2) is 11.5 Å². The van der Waals surface area contributed by atoms with Crippen molar-refractivity contribution in [1.82, 2.24) is 5.43 Å². The van der Waals surface area contributed by atoms with E-state index in [0.717, 1.165) is 0 Å². The molecule has 0 aliphatic carbocycles. The number of nitrogens with one attached hydrogen (secondary N) is 1. The smallest absolute Gasteiger partial charge is 0.387 e. The van der Waals surface area contributed by atoms with E-state index in [-0.39, 0.29) is 5.75 Å². The van der Waals surface area contributed by atoms with Gasteiger partial charge in [0.1, 0.15) is 5.75 Å². The minimum Gasteiger partial charge on any atom is -0.493 e. The Morgan fingerprint density at radius 3 is 2.26 bits per heavy atom. The first-order valence-corrected chi connectivity index (χ1v) is 7.97. The van der Waals surface area contributed by atoms with E-state index in [1.807, 2.05) is 0 Å². The molecule has 0 heterocycles. The van der Waals surface area contributed by atoms with Crippen LogP contribution < -0.4 is 19.6 Å². The summed E-state index contributed by atoms with van der Waals surface area (Å²) in [4.78, 5) is 12.2. The summed E-state index contributed by atoms with van der Waals surface area (Å²) >= 11 is 0. The number of nitrogens with zero attached hydrogens (tertiary/aromatic N) is 1. The van der Waals surface area contributed by atoms with E-state index in [4.69, 9.17) is 9.47 Å². The summed E-state index contributed by atoms with van der Waals surface area (Å²) < 4.78 is 39.6. The van der Waals surface area contributed by atoms with Crippen LogP contribution in [0.5, 0.6) is 17.2 Å². The SMILES string of the molecule is COc1ccc(C(=O)N/N=C\c2cc(C)c(OC(F)F)c(C)c2)cc1OC. The quantitative estimate of drug-likeness (QED) is 0.589. The number of amides is 1. The molecule has 2 aromatic rings. The summed E-state index contributed by atoms with van der Waals surface area (Å²) in [6, 6.07) is 8.00. The maximum Gasteiger partial charge on any atom is 0.387 e. The van der Waals surface area contributed by atoms with Crippen molar-refractivity contribution in [2.45, 2.75) is 20.5 Å². The van der Waals surface area contributed by atoms with Crippen molar-refractivity contribution in [2.75, 3.05) is 14.2 Å². The van der Waals surface area contributed by atoms with Gasteiger partial charge in [0.05, 0.1) is 20.4 Å². The second kappa shape index (κ2) is 8.98. The van der Waals surface area contributed by atoms with E-state index in [1.54, 1.807) is 38.1 Å². The molecular formula is C19H20F2N2O4. The van der Waals surface area contributed by atoms with Gasteiger partial charge in [0, 0.05) is 5.56 Å². The Morgan fingerprint density at radius 1 is 1.07 bits per heavy atom. The zero-order chi connectivity index (χ0) is 20.0. The average molecular weight is 378 g/mol. The van der Waals surface area contributed by atoms with E-state index in [0.29, 0.717) is 33.8 Å². The van der Waals surface area contributed by atoms with Gasteiger partial charge in [-0.3, -0.25) is 4.79 Å². The Morgan fingerprint density at radius 2 is 1.70 bits per heavy atom. The molecular weight excluding hydrogens is 358 g/mol. The standard InChI is InChI=1S/C19H20F2N2O4/c1-11-7-13(8-12(2)17(11)27-19(20)21)10-22-23-18(24)14-5-6-15(25-3)16(9-14)26-4/h5-10,19H,1-4H3,(H,23,24)/b22-10-. The fraction of sp³-hybridized carbons (Fsp3) is 0.263. The maximum atomic E-state index is 12.4. The van der Waals surface area contributed by atoms with Gasteiger partial charge in [-0.2, -0.15) is 13.9 Å². The molecule has 144 valence electrons. The van der Waals surface area contributed by atoms with E-state index >= 15 is 0 Å². The predicted octanol–water partition coefficient (Wildman–Crippen LogP) is 3.69. The van der Waals surface area contributed by atoms with Crippen LogP contribution in [-0.2, 0) is 0 Å². The average Bonchev–Trinajstić information content (AvgIpc) is 2.63. The van der Waals surface area contributed by atoms with Crippen LogP contribution in [-0.4, -0.2) is 33.0 Å². The van der Waals surface area contributed by atoms with E-state index in [9.17, 15) is 13.6 Å². The number of alkyl halides is 2. The number of carbonyl (C=O) groups excluding carboxylic acids is 1. The van der Waals surface area contributed by atoms with Gasteiger partial charge in [-0.05, 0) is 60.9 Å². The number of methoxy groups -OCH3 is 2. The number of rotatable bonds is 7. The fourth-order valence-electron chi connectivity index (χ4n) is 2.54. The summed E-state index contributed by atoms with van der Waals surface area (Å²) in [5.41, 5.74) is 4.48. The van der Waals surface area contributed by atoms with Gasteiger partial charge in [0.2, 0.25) is 0 Å². The second-order valence-corrected chi connectivity index (χ2v) is 5.63. The van der Waals surface area contributed by atoms with Crippen molar-refractivity contribution >= 4 is 12.1 Å². The molecule has 2 rings (SSSR count). The fourth-order valence-corrected chi connectivity index (χ4v) is 2.54. The van der Waals surface area contributed by atoms with Crippen molar-refractivity contribution in [2.24, 2.45) is 5.10 Å². The van der Waals surface area contributed by atoms with Gasteiger partial charge in [-0.1, -0.05) is 0 Å². The first-order chi connectivity index (χ1) is 12.8. The normalized spacial score (nSPS) is 10.9. The van der Waals surface area contributed by atoms with Gasteiger partial charge in [0.25, 0.3) is 5.91 Å². The molecule has 1 N–H and O–H groups in total. The lowest BCUT2D eigenvalue weighted by atomic mass is 10.1. The Hall–Kier alpha value is -3.16. The first kappa shape index (κ1) is 20.2. The molecule has 0 aliphatic rings. The Kier molecular flexibility index (Phi) is 6.70. The van der Waals surface area contributed by atoms with Crippen molar-refractivity contribution in [3.8, 4) is 17.2 Å². The highest BCUT2D eigenvalue weighted by Gasteiger charge is 2.12. The molecule has 0 unspecified atom stereocenters. The Bertz CT molecular complexity index is 831. The number of hydrogen-bond donors (Lipinski definition) is 1. The zero-order valence-corrected chi connectivity index (χ0v) is 15.4. The number of carbonyl (C=O) groups is 1. The molecule has 0 bridgehead atoms. The highest BCUT2D eigenvalue weighted by Crippen LogP contribution is 2.28. The highest BCUT2D eigenvalue weighted by atomic mass is 19.3. The third kappa shape index (κ3) is 5.16. The molecule has 0 saturated carbocycles. The largest absolute Gasteiger partial charge is 0.493 e. The van der Waals surface area contributed by atoms with Gasteiger partial charge in [-0.25, -0.2) is 5.43 Å². The Balaban J connectivity index is 2.10. The minimum atomic E-state index is -2.89. The summed E-state index contributed by atoms with van der Waals surface area (Å²) in [7, 11) is 2.98.